The summed E-state index contributed by atoms with van der Waals surface area (Å²) < 4.78 is 1.84. The number of pyridine rings is 1. The van der Waals surface area contributed by atoms with E-state index in [1.807, 2.05) is 60.2 Å². The van der Waals surface area contributed by atoms with Crippen molar-refractivity contribution in [1.29, 1.82) is 0 Å². The topological polar surface area (TPSA) is 94.8 Å². The maximum absolute atomic E-state index is 12.6. The number of hydrogen-bond acceptors (Lipinski definition) is 9. The minimum absolute atomic E-state index is 0.0969. The molecule has 1 aliphatic rings. The molecule has 0 bridgehead atoms. The van der Waals surface area contributed by atoms with Crippen LogP contribution in [0.3, 0.4) is 0 Å². The highest BCUT2D eigenvalue weighted by Crippen LogP contribution is 2.31. The Morgan fingerprint density at radius 2 is 1.83 bits per heavy atom. The van der Waals surface area contributed by atoms with E-state index in [4.69, 9.17) is 20.1 Å². The second kappa shape index (κ2) is 14.6. The summed E-state index contributed by atoms with van der Waals surface area (Å²) in [5.41, 5.74) is 6.00. The molecule has 1 N–H and O–H groups in total. The van der Waals surface area contributed by atoms with Gasteiger partial charge in [0.15, 0.2) is 11.4 Å². The molecular formula is C38H47N9O. The number of benzene rings is 2. The Kier molecular flexibility index (Phi) is 10.1. The SMILES string of the molecule is CC(C)c1cnn2c(NCc3ccccc3-c3nccc4cc(CC(=O)/C=C/CN(C)C)ccc34)nc(N3CCC(N(C)C)CC3)nc12. The second-order valence-corrected chi connectivity index (χ2v) is 13.6. The van der Waals surface area contributed by atoms with Crippen molar-refractivity contribution >= 4 is 34.1 Å². The lowest BCUT2D eigenvalue weighted by molar-refractivity contribution is -0.114. The number of nitrogens with zero attached hydrogens (tertiary/aromatic N) is 8. The number of anilines is 2. The number of hydrogen-bond donors (Lipinski definition) is 1. The van der Waals surface area contributed by atoms with Crippen molar-refractivity contribution in [2.24, 2.45) is 0 Å². The molecular weight excluding hydrogens is 598 g/mol. The average molecular weight is 646 g/mol. The van der Waals surface area contributed by atoms with Crippen molar-refractivity contribution in [2.45, 2.75) is 51.6 Å². The van der Waals surface area contributed by atoms with Gasteiger partial charge in [0.05, 0.1) is 11.9 Å². The highest BCUT2D eigenvalue weighted by atomic mass is 16.1. The lowest BCUT2D eigenvalue weighted by atomic mass is 9.97. The smallest absolute Gasteiger partial charge is 0.230 e. The van der Waals surface area contributed by atoms with Crippen LogP contribution in [0, 0.1) is 0 Å². The lowest BCUT2D eigenvalue weighted by Crippen LogP contribution is -2.42. The molecule has 2 aromatic carbocycles. The van der Waals surface area contributed by atoms with E-state index in [-0.39, 0.29) is 11.7 Å². The van der Waals surface area contributed by atoms with E-state index in [1.54, 1.807) is 6.08 Å². The number of rotatable bonds is 12. The predicted octanol–water partition coefficient (Wildman–Crippen LogP) is 5.83. The summed E-state index contributed by atoms with van der Waals surface area (Å²) in [4.78, 5) is 34.1. The molecule has 250 valence electrons. The minimum atomic E-state index is 0.0969. The van der Waals surface area contributed by atoms with Crippen molar-refractivity contribution in [2.75, 3.05) is 58.0 Å². The molecule has 48 heavy (non-hydrogen) atoms. The van der Waals surface area contributed by atoms with Crippen LogP contribution in [0.4, 0.5) is 11.9 Å². The van der Waals surface area contributed by atoms with Crippen LogP contribution in [0.2, 0.25) is 0 Å². The van der Waals surface area contributed by atoms with Gasteiger partial charge in [-0.3, -0.25) is 9.78 Å². The van der Waals surface area contributed by atoms with Crippen LogP contribution < -0.4 is 10.2 Å². The third-order valence-corrected chi connectivity index (χ3v) is 9.17. The van der Waals surface area contributed by atoms with Crippen LogP contribution in [0.1, 0.15) is 49.3 Å². The summed E-state index contributed by atoms with van der Waals surface area (Å²) in [6, 6.07) is 17.2. The number of fused-ring (bicyclic) bond motifs is 2. The first kappa shape index (κ1) is 33.2. The summed E-state index contributed by atoms with van der Waals surface area (Å²) in [5.74, 6) is 1.80. The lowest BCUT2D eigenvalue weighted by Gasteiger charge is -2.35. The number of ketones is 1. The summed E-state index contributed by atoms with van der Waals surface area (Å²) in [6.07, 6.45) is 9.88. The molecule has 0 atom stereocenters. The number of piperidine rings is 1. The number of carbonyl (C=O) groups excluding carboxylic acids is 1. The van der Waals surface area contributed by atoms with Gasteiger partial charge < -0.3 is 20.0 Å². The number of carbonyl (C=O) groups is 1. The molecule has 0 radical (unpaired) electrons. The number of likely N-dealkylation sites (N-methyl/N-ethyl adjacent to an activating group) is 1. The van der Waals surface area contributed by atoms with Gasteiger partial charge in [0, 0.05) is 61.4 Å². The van der Waals surface area contributed by atoms with Gasteiger partial charge in [-0.05, 0) is 75.6 Å². The number of allylic oxidation sites excluding steroid dienone is 1. The fourth-order valence-corrected chi connectivity index (χ4v) is 6.42. The Morgan fingerprint density at radius 1 is 1.04 bits per heavy atom. The molecule has 0 unspecified atom stereocenters. The van der Waals surface area contributed by atoms with Gasteiger partial charge in [-0.25, -0.2) is 0 Å². The van der Waals surface area contributed by atoms with Gasteiger partial charge in [-0.15, -0.1) is 0 Å². The van der Waals surface area contributed by atoms with Crippen molar-refractivity contribution < 1.29 is 4.79 Å². The Morgan fingerprint density at radius 3 is 2.58 bits per heavy atom. The largest absolute Gasteiger partial charge is 0.350 e. The Bertz CT molecular complexity index is 1920. The molecule has 1 fully saturated rings. The van der Waals surface area contributed by atoms with Crippen LogP contribution >= 0.6 is 0 Å². The first-order valence-corrected chi connectivity index (χ1v) is 16.9. The Labute approximate surface area is 283 Å². The van der Waals surface area contributed by atoms with Gasteiger partial charge in [0.2, 0.25) is 11.9 Å². The van der Waals surface area contributed by atoms with Crippen molar-refractivity contribution in [3.05, 3.63) is 89.8 Å². The van der Waals surface area contributed by atoms with E-state index >= 15 is 0 Å². The molecule has 0 saturated carbocycles. The first-order chi connectivity index (χ1) is 23.2. The summed E-state index contributed by atoms with van der Waals surface area (Å²) in [5, 5.41) is 10.4. The number of aromatic nitrogens is 5. The van der Waals surface area contributed by atoms with E-state index < -0.39 is 0 Å². The predicted molar refractivity (Wildman–Crippen MR) is 195 cm³/mol. The summed E-state index contributed by atoms with van der Waals surface area (Å²) >= 11 is 0. The van der Waals surface area contributed by atoms with E-state index in [9.17, 15) is 4.79 Å². The highest BCUT2D eigenvalue weighted by molar-refractivity contribution is 5.97. The molecule has 6 rings (SSSR count). The normalized spacial score (nSPS) is 14.4. The molecule has 0 aliphatic carbocycles. The maximum atomic E-state index is 12.6. The van der Waals surface area contributed by atoms with Crippen LogP contribution in [0.25, 0.3) is 27.7 Å². The average Bonchev–Trinajstić information content (AvgIpc) is 3.51. The van der Waals surface area contributed by atoms with Gasteiger partial charge >= 0.3 is 0 Å². The first-order valence-electron chi connectivity index (χ1n) is 16.9. The molecule has 1 saturated heterocycles. The monoisotopic (exact) mass is 645 g/mol. The molecule has 0 spiro atoms. The fourth-order valence-electron chi connectivity index (χ4n) is 6.42. The van der Waals surface area contributed by atoms with Crippen LogP contribution in [0.15, 0.2) is 73.1 Å². The van der Waals surface area contributed by atoms with Gasteiger partial charge in [0.25, 0.3) is 0 Å². The van der Waals surface area contributed by atoms with Gasteiger partial charge in [-0.1, -0.05) is 62.4 Å². The fraction of sp³-hybridized carbons (Fsp3) is 0.395. The third kappa shape index (κ3) is 7.40. The van der Waals surface area contributed by atoms with Crippen LogP contribution in [0.5, 0.6) is 0 Å². The zero-order valence-electron chi connectivity index (χ0n) is 29.0. The zero-order chi connectivity index (χ0) is 33.8. The zero-order valence-corrected chi connectivity index (χ0v) is 29.0. The standard InChI is InChI=1S/C38H47N9O/c1-26(2)34-25-41-47-36(34)42-38(46-20-16-30(17-21-46)45(5)6)43-37(47)40-24-29-10-7-8-12-32(29)35-33-14-13-27(22-28(33)15-18-39-35)23-31(48)11-9-19-44(3)4/h7-15,18,22,25-26,30H,16-17,19-21,23-24H2,1-6H3,(H,40,42,43)/b11-9+. The highest BCUT2D eigenvalue weighted by Gasteiger charge is 2.24. The molecule has 10 heteroatoms. The molecule has 5 aromatic rings. The summed E-state index contributed by atoms with van der Waals surface area (Å²) in [6.45, 7) is 7.46. The summed E-state index contributed by atoms with van der Waals surface area (Å²) in [7, 11) is 8.29. The van der Waals surface area contributed by atoms with Gasteiger partial charge in [0.1, 0.15) is 0 Å². The molecule has 10 nitrogen and oxygen atoms in total. The van der Waals surface area contributed by atoms with Crippen LogP contribution in [-0.2, 0) is 17.8 Å². The van der Waals surface area contributed by atoms with Crippen LogP contribution in [-0.4, -0.2) is 94.0 Å². The van der Waals surface area contributed by atoms with E-state index in [1.165, 1.54) is 0 Å². The second-order valence-electron chi connectivity index (χ2n) is 13.6. The maximum Gasteiger partial charge on any atom is 0.230 e. The van der Waals surface area contributed by atoms with E-state index in [0.29, 0.717) is 25.0 Å². The molecule has 4 heterocycles. The Hall–Kier alpha value is -4.67. The molecule has 0 amide bonds. The quantitative estimate of drug-likeness (QED) is 0.168. The van der Waals surface area contributed by atoms with Gasteiger partial charge in [-0.2, -0.15) is 19.6 Å². The number of nitrogens with one attached hydrogen (secondary N) is 1. The van der Waals surface area contributed by atoms with E-state index in [2.05, 4.69) is 73.4 Å². The van der Waals surface area contributed by atoms with Crippen molar-refractivity contribution in [3.63, 3.8) is 0 Å². The van der Waals surface area contributed by atoms with Crippen molar-refractivity contribution in [3.8, 4) is 11.3 Å². The van der Waals surface area contributed by atoms with E-state index in [0.717, 1.165) is 82.8 Å². The van der Waals surface area contributed by atoms with Crippen molar-refractivity contribution in [1.82, 2.24) is 34.4 Å². The Balaban J connectivity index is 1.27. The molecule has 1 aliphatic heterocycles. The minimum Gasteiger partial charge on any atom is -0.350 e. The third-order valence-electron chi connectivity index (χ3n) is 9.17. The molecule has 3 aromatic heterocycles.